The van der Waals surface area contributed by atoms with Gasteiger partial charge in [-0.05, 0) is 18.4 Å². The van der Waals surface area contributed by atoms with Crippen LogP contribution >= 0.6 is 0 Å². The molecule has 1 fully saturated rings. The topological polar surface area (TPSA) is 61.2 Å². The average Bonchev–Trinajstić information content (AvgIpc) is 2.76. The number of carbonyl (C=O) groups is 2. The summed E-state index contributed by atoms with van der Waals surface area (Å²) in [6.45, 7) is 0.492. The molecule has 4 heteroatoms. The van der Waals surface area contributed by atoms with Gasteiger partial charge in [0, 0.05) is 24.9 Å². The number of nitrogens with zero attached hydrogens (tertiary/aromatic N) is 2. The first-order chi connectivity index (χ1) is 9.19. The SMILES string of the molecule is N#CCCC12CCC(=O)N1Cc1ccccc1C2=O. The largest absolute Gasteiger partial charge is 0.325 e. The third-order valence-electron chi connectivity index (χ3n) is 4.23. The smallest absolute Gasteiger partial charge is 0.223 e. The lowest BCUT2D eigenvalue weighted by Crippen LogP contribution is -2.54. The van der Waals surface area contributed by atoms with Gasteiger partial charge in [-0.15, -0.1) is 0 Å². The lowest BCUT2D eigenvalue weighted by atomic mass is 9.78. The second kappa shape index (κ2) is 4.20. The first-order valence-electron chi connectivity index (χ1n) is 6.49. The zero-order chi connectivity index (χ0) is 13.5. The zero-order valence-corrected chi connectivity index (χ0v) is 10.6. The summed E-state index contributed by atoms with van der Waals surface area (Å²) in [5, 5.41) is 8.80. The van der Waals surface area contributed by atoms with Gasteiger partial charge in [0.25, 0.3) is 0 Å². The summed E-state index contributed by atoms with van der Waals surface area (Å²) in [6, 6.07) is 9.55. The maximum absolute atomic E-state index is 12.8. The quantitative estimate of drug-likeness (QED) is 0.811. The van der Waals surface area contributed by atoms with Crippen molar-refractivity contribution in [1.29, 1.82) is 5.26 Å². The third kappa shape index (κ3) is 1.58. The van der Waals surface area contributed by atoms with Crippen molar-refractivity contribution in [2.45, 2.75) is 37.8 Å². The predicted octanol–water partition coefficient (Wildman–Crippen LogP) is 2.05. The molecule has 0 N–H and O–H groups in total. The van der Waals surface area contributed by atoms with E-state index >= 15 is 0 Å². The molecule has 4 nitrogen and oxygen atoms in total. The highest BCUT2D eigenvalue weighted by atomic mass is 16.2. The standard InChI is InChI=1S/C15H14N2O2/c16-9-3-7-15-8-6-13(18)17(15)10-11-4-1-2-5-12(11)14(15)19/h1-2,4-5H,3,6-8,10H2. The molecule has 2 heterocycles. The van der Waals surface area contributed by atoms with Gasteiger partial charge in [0.1, 0.15) is 5.54 Å². The van der Waals surface area contributed by atoms with Gasteiger partial charge < -0.3 is 4.90 Å². The average molecular weight is 254 g/mol. The van der Waals surface area contributed by atoms with E-state index in [0.29, 0.717) is 37.8 Å². The summed E-state index contributed by atoms with van der Waals surface area (Å²) in [4.78, 5) is 26.5. The first-order valence-corrected chi connectivity index (χ1v) is 6.49. The Balaban J connectivity index is 2.09. The van der Waals surface area contributed by atoms with E-state index < -0.39 is 5.54 Å². The number of ketones is 1. The second-order valence-electron chi connectivity index (χ2n) is 5.16. The summed E-state index contributed by atoms with van der Waals surface area (Å²) < 4.78 is 0. The van der Waals surface area contributed by atoms with Gasteiger partial charge in [0.05, 0.1) is 6.07 Å². The number of hydrogen-bond donors (Lipinski definition) is 0. The van der Waals surface area contributed by atoms with Crippen LogP contribution in [0.5, 0.6) is 0 Å². The molecule has 0 spiro atoms. The van der Waals surface area contributed by atoms with Crippen molar-refractivity contribution in [3.05, 3.63) is 35.4 Å². The zero-order valence-electron chi connectivity index (χ0n) is 10.6. The van der Waals surface area contributed by atoms with E-state index in [0.717, 1.165) is 5.56 Å². The molecule has 0 aliphatic carbocycles. The lowest BCUT2D eigenvalue weighted by molar-refractivity contribution is -0.131. The fourth-order valence-corrected chi connectivity index (χ4v) is 3.23. The molecular formula is C15H14N2O2. The normalized spacial score (nSPS) is 24.9. The highest BCUT2D eigenvalue weighted by Crippen LogP contribution is 2.42. The molecule has 1 unspecified atom stereocenters. The summed E-state index contributed by atoms with van der Waals surface area (Å²) in [5.41, 5.74) is 0.864. The number of rotatable bonds is 2. The molecule has 0 bridgehead atoms. The highest BCUT2D eigenvalue weighted by molar-refractivity contribution is 6.09. The van der Waals surface area contributed by atoms with Gasteiger partial charge in [0.2, 0.25) is 5.91 Å². The Morgan fingerprint density at radius 2 is 2.11 bits per heavy atom. The minimum atomic E-state index is -0.763. The minimum Gasteiger partial charge on any atom is -0.325 e. The van der Waals surface area contributed by atoms with Crippen molar-refractivity contribution in [3.63, 3.8) is 0 Å². The van der Waals surface area contributed by atoms with E-state index in [1.165, 1.54) is 0 Å². The Hall–Kier alpha value is -2.15. The van der Waals surface area contributed by atoms with Crippen LogP contribution in [0.25, 0.3) is 0 Å². The van der Waals surface area contributed by atoms with Gasteiger partial charge in [0.15, 0.2) is 5.78 Å². The summed E-state index contributed by atoms with van der Waals surface area (Å²) in [6.07, 6.45) is 1.70. The molecule has 1 amide bonds. The molecule has 2 aliphatic rings. The van der Waals surface area contributed by atoms with E-state index in [4.69, 9.17) is 5.26 Å². The van der Waals surface area contributed by atoms with Crippen molar-refractivity contribution < 1.29 is 9.59 Å². The summed E-state index contributed by atoms with van der Waals surface area (Å²) >= 11 is 0. The Labute approximate surface area is 111 Å². The van der Waals surface area contributed by atoms with Crippen molar-refractivity contribution in [2.75, 3.05) is 0 Å². The lowest BCUT2D eigenvalue weighted by Gasteiger charge is -2.41. The van der Waals surface area contributed by atoms with Crippen LogP contribution in [-0.4, -0.2) is 22.1 Å². The fourth-order valence-electron chi connectivity index (χ4n) is 3.23. The molecule has 19 heavy (non-hydrogen) atoms. The maximum atomic E-state index is 12.8. The summed E-state index contributed by atoms with van der Waals surface area (Å²) in [7, 11) is 0. The third-order valence-corrected chi connectivity index (χ3v) is 4.23. The molecule has 1 aromatic carbocycles. The molecule has 1 aromatic rings. The molecule has 1 saturated heterocycles. The Morgan fingerprint density at radius 1 is 1.32 bits per heavy atom. The number of Topliss-reactive ketones (excluding diaryl/α,β-unsaturated/α-hetero) is 1. The van der Waals surface area contributed by atoms with Gasteiger partial charge in [-0.1, -0.05) is 24.3 Å². The summed E-state index contributed by atoms with van der Waals surface area (Å²) in [5.74, 6) is 0.0382. The Morgan fingerprint density at radius 3 is 2.89 bits per heavy atom. The molecule has 2 aliphatic heterocycles. The van der Waals surface area contributed by atoms with Gasteiger partial charge >= 0.3 is 0 Å². The van der Waals surface area contributed by atoms with Crippen LogP contribution in [0.2, 0.25) is 0 Å². The van der Waals surface area contributed by atoms with Gasteiger partial charge in [-0.3, -0.25) is 9.59 Å². The highest BCUT2D eigenvalue weighted by Gasteiger charge is 2.53. The van der Waals surface area contributed by atoms with Crippen molar-refractivity contribution in [1.82, 2.24) is 4.90 Å². The van der Waals surface area contributed by atoms with E-state index in [2.05, 4.69) is 6.07 Å². The second-order valence-corrected chi connectivity index (χ2v) is 5.16. The number of hydrogen-bond acceptors (Lipinski definition) is 3. The molecule has 96 valence electrons. The van der Waals surface area contributed by atoms with Crippen molar-refractivity contribution >= 4 is 11.7 Å². The molecule has 0 aromatic heterocycles. The number of nitriles is 1. The fraction of sp³-hybridized carbons (Fsp3) is 0.400. The van der Waals surface area contributed by atoms with Crippen LogP contribution in [0.3, 0.4) is 0 Å². The molecule has 3 rings (SSSR count). The van der Waals surface area contributed by atoms with Crippen LogP contribution in [0.1, 0.15) is 41.6 Å². The number of fused-ring (bicyclic) bond motifs is 2. The molecule has 0 radical (unpaired) electrons. The van der Waals surface area contributed by atoms with Crippen molar-refractivity contribution in [2.24, 2.45) is 0 Å². The minimum absolute atomic E-state index is 0.00968. The van der Waals surface area contributed by atoms with Crippen LogP contribution in [0.4, 0.5) is 0 Å². The molecular weight excluding hydrogens is 240 g/mol. The van der Waals surface area contributed by atoms with Crippen LogP contribution < -0.4 is 0 Å². The van der Waals surface area contributed by atoms with E-state index in [-0.39, 0.29) is 11.7 Å². The van der Waals surface area contributed by atoms with Crippen LogP contribution in [-0.2, 0) is 11.3 Å². The Kier molecular flexibility index (Phi) is 2.63. The maximum Gasteiger partial charge on any atom is 0.223 e. The van der Waals surface area contributed by atoms with Gasteiger partial charge in [-0.2, -0.15) is 5.26 Å². The number of amides is 1. The van der Waals surface area contributed by atoms with E-state index in [1.807, 2.05) is 24.3 Å². The predicted molar refractivity (Wildman–Crippen MR) is 68.1 cm³/mol. The van der Waals surface area contributed by atoms with Gasteiger partial charge in [-0.25, -0.2) is 0 Å². The Bertz CT molecular complexity index is 602. The van der Waals surface area contributed by atoms with E-state index in [1.54, 1.807) is 4.90 Å². The molecule has 0 saturated carbocycles. The van der Waals surface area contributed by atoms with Crippen LogP contribution in [0, 0.1) is 11.3 Å². The monoisotopic (exact) mass is 254 g/mol. The number of carbonyl (C=O) groups excluding carboxylic acids is 2. The first kappa shape index (κ1) is 11.9. The van der Waals surface area contributed by atoms with Crippen LogP contribution in [0.15, 0.2) is 24.3 Å². The molecule has 1 atom stereocenters. The number of benzene rings is 1. The van der Waals surface area contributed by atoms with E-state index in [9.17, 15) is 9.59 Å². The van der Waals surface area contributed by atoms with Crippen molar-refractivity contribution in [3.8, 4) is 6.07 Å².